The fraction of sp³-hybridized carbons (Fsp3) is 0.167. The Bertz CT molecular complexity index is 1230. The average Bonchev–Trinajstić information content (AvgIpc) is 2.78. The molecule has 172 valence electrons. The summed E-state index contributed by atoms with van der Waals surface area (Å²) < 4.78 is 44.8. The minimum absolute atomic E-state index is 0.305. The number of hydrogen-bond donors (Lipinski definition) is 1. The van der Waals surface area contributed by atoms with E-state index in [4.69, 9.17) is 4.74 Å². The molecule has 3 aromatic carbocycles. The van der Waals surface area contributed by atoms with E-state index < -0.39 is 22.0 Å². The molecule has 9 heteroatoms. The Hall–Kier alpha value is -3.72. The largest absolute Gasteiger partial charge is 0.457 e. The van der Waals surface area contributed by atoms with Gasteiger partial charge in [0.1, 0.15) is 23.4 Å². The van der Waals surface area contributed by atoms with Crippen LogP contribution >= 0.6 is 0 Å². The number of hydrogen-bond acceptors (Lipinski definition) is 5. The Morgan fingerprint density at radius 1 is 0.970 bits per heavy atom. The van der Waals surface area contributed by atoms with E-state index in [2.05, 4.69) is 10.5 Å². The molecule has 3 aromatic rings. The number of nitrogens with one attached hydrogen (secondary N) is 1. The summed E-state index contributed by atoms with van der Waals surface area (Å²) in [7, 11) is -3.79. The van der Waals surface area contributed by atoms with Crippen LogP contribution in [-0.4, -0.2) is 32.3 Å². The van der Waals surface area contributed by atoms with Gasteiger partial charge in [-0.3, -0.25) is 9.10 Å². The van der Waals surface area contributed by atoms with Crippen LogP contribution in [0.3, 0.4) is 0 Å². The van der Waals surface area contributed by atoms with Crippen molar-refractivity contribution >= 4 is 27.3 Å². The number of nitrogens with zero attached hydrogens (tertiary/aromatic N) is 2. The monoisotopic (exact) mass is 469 g/mol. The van der Waals surface area contributed by atoms with Crippen molar-refractivity contribution in [1.82, 2.24) is 5.43 Å². The zero-order valence-electron chi connectivity index (χ0n) is 18.4. The summed E-state index contributed by atoms with van der Waals surface area (Å²) in [5, 5.41) is 4.02. The molecular formula is C24H24FN3O4S. The third kappa shape index (κ3) is 6.39. The zero-order chi connectivity index (χ0) is 24.0. The minimum Gasteiger partial charge on any atom is -0.457 e. The van der Waals surface area contributed by atoms with Crippen molar-refractivity contribution in [2.24, 2.45) is 5.10 Å². The maximum Gasteiger partial charge on any atom is 0.263 e. The van der Waals surface area contributed by atoms with Crippen molar-refractivity contribution in [3.05, 3.63) is 90.2 Å². The smallest absolute Gasteiger partial charge is 0.263 e. The third-order valence-corrected chi connectivity index (χ3v) is 6.00. The number of carbonyl (C=O) groups excluding carboxylic acids is 1. The normalized spacial score (nSPS) is 12.7. The fourth-order valence-corrected chi connectivity index (χ4v) is 4.26. The van der Waals surface area contributed by atoms with Gasteiger partial charge in [0, 0.05) is 0 Å². The summed E-state index contributed by atoms with van der Waals surface area (Å²) in [6.07, 6.45) is 1.03. The van der Waals surface area contributed by atoms with Crippen LogP contribution < -0.4 is 14.5 Å². The molecule has 0 aliphatic carbocycles. The first-order valence-corrected chi connectivity index (χ1v) is 11.9. The van der Waals surface area contributed by atoms with Crippen LogP contribution in [0.4, 0.5) is 10.1 Å². The first-order chi connectivity index (χ1) is 15.6. The Balaban J connectivity index is 1.75. The SMILES string of the molecule is C/C(=N/NC(=O)[C@H](C)N(c1ccc(Oc2ccccc2)cc1)S(C)(=O)=O)c1ccc(F)cc1. The molecule has 0 radical (unpaired) electrons. The second-order valence-corrected chi connectivity index (χ2v) is 9.18. The van der Waals surface area contributed by atoms with Crippen molar-refractivity contribution < 1.29 is 22.3 Å². The quantitative estimate of drug-likeness (QED) is 0.393. The number of para-hydroxylation sites is 1. The molecule has 7 nitrogen and oxygen atoms in total. The van der Waals surface area contributed by atoms with E-state index in [0.29, 0.717) is 28.5 Å². The minimum atomic E-state index is -3.79. The molecule has 0 aliphatic heterocycles. The van der Waals surface area contributed by atoms with Crippen LogP contribution in [0.5, 0.6) is 11.5 Å². The molecule has 0 aliphatic rings. The van der Waals surface area contributed by atoms with E-state index in [1.807, 2.05) is 18.2 Å². The van der Waals surface area contributed by atoms with Crippen molar-refractivity contribution in [3.8, 4) is 11.5 Å². The lowest BCUT2D eigenvalue weighted by atomic mass is 10.1. The van der Waals surface area contributed by atoms with Gasteiger partial charge in [0.15, 0.2) is 0 Å². The molecule has 0 aromatic heterocycles. The molecule has 0 heterocycles. The number of anilines is 1. The summed E-state index contributed by atoms with van der Waals surface area (Å²) in [6, 6.07) is 20.1. The molecule has 1 N–H and O–H groups in total. The van der Waals surface area contributed by atoms with Crippen LogP contribution in [-0.2, 0) is 14.8 Å². The van der Waals surface area contributed by atoms with E-state index in [1.54, 1.807) is 43.3 Å². The second-order valence-electron chi connectivity index (χ2n) is 7.32. The first-order valence-electron chi connectivity index (χ1n) is 10.1. The van der Waals surface area contributed by atoms with Gasteiger partial charge < -0.3 is 4.74 Å². The highest BCUT2D eigenvalue weighted by Crippen LogP contribution is 2.26. The molecule has 33 heavy (non-hydrogen) atoms. The molecule has 0 unspecified atom stereocenters. The maximum absolute atomic E-state index is 13.1. The van der Waals surface area contributed by atoms with Crippen molar-refractivity contribution in [2.45, 2.75) is 19.9 Å². The molecular weight excluding hydrogens is 445 g/mol. The van der Waals surface area contributed by atoms with Gasteiger partial charge in [0.25, 0.3) is 5.91 Å². The molecule has 3 rings (SSSR count). The summed E-state index contributed by atoms with van der Waals surface area (Å²) in [5.41, 5.74) is 3.76. The number of amides is 1. The highest BCUT2D eigenvalue weighted by Gasteiger charge is 2.29. The number of hydrazone groups is 1. The Labute approximate surface area is 192 Å². The van der Waals surface area contributed by atoms with Crippen molar-refractivity contribution in [3.63, 3.8) is 0 Å². The zero-order valence-corrected chi connectivity index (χ0v) is 19.2. The Morgan fingerprint density at radius 3 is 2.12 bits per heavy atom. The van der Waals surface area contributed by atoms with Crippen molar-refractivity contribution in [1.29, 1.82) is 0 Å². The van der Waals surface area contributed by atoms with Gasteiger partial charge in [-0.2, -0.15) is 5.10 Å². The predicted octanol–water partition coefficient (Wildman–Crippen LogP) is 4.31. The van der Waals surface area contributed by atoms with Gasteiger partial charge in [0.05, 0.1) is 17.7 Å². The molecule has 0 spiro atoms. The lowest BCUT2D eigenvalue weighted by molar-refractivity contribution is -0.121. The van der Waals surface area contributed by atoms with E-state index in [1.165, 1.54) is 31.2 Å². The van der Waals surface area contributed by atoms with Gasteiger partial charge in [-0.05, 0) is 67.9 Å². The average molecular weight is 470 g/mol. The van der Waals surface area contributed by atoms with E-state index in [-0.39, 0.29) is 5.82 Å². The standard InChI is InChI=1S/C24H24FN3O4S/c1-17(19-9-11-20(25)12-10-19)26-27-24(29)18(2)28(33(3,30)31)21-13-15-23(16-14-21)32-22-7-5-4-6-8-22/h4-16,18H,1-3H3,(H,27,29)/b26-17-/t18-/m0/s1. The van der Waals surface area contributed by atoms with Gasteiger partial charge in [0.2, 0.25) is 10.0 Å². The third-order valence-electron chi connectivity index (χ3n) is 4.75. The van der Waals surface area contributed by atoms with Gasteiger partial charge in [-0.1, -0.05) is 30.3 Å². The van der Waals surface area contributed by atoms with E-state index in [0.717, 1.165) is 10.6 Å². The highest BCUT2D eigenvalue weighted by atomic mass is 32.2. The second kappa shape index (κ2) is 10.3. The number of halogens is 1. The lowest BCUT2D eigenvalue weighted by Crippen LogP contribution is -2.46. The topological polar surface area (TPSA) is 88.1 Å². The number of benzene rings is 3. The molecule has 1 atom stereocenters. The predicted molar refractivity (Wildman–Crippen MR) is 126 cm³/mol. The number of rotatable bonds is 8. The summed E-state index contributed by atoms with van der Waals surface area (Å²) >= 11 is 0. The van der Waals surface area contributed by atoms with E-state index in [9.17, 15) is 17.6 Å². The van der Waals surface area contributed by atoms with Crippen LogP contribution in [0.25, 0.3) is 0 Å². The molecule has 0 fully saturated rings. The summed E-state index contributed by atoms with van der Waals surface area (Å²) in [6.45, 7) is 3.12. The van der Waals surface area contributed by atoms with Gasteiger partial charge in [-0.15, -0.1) is 0 Å². The summed E-state index contributed by atoms with van der Waals surface area (Å²) in [5.74, 6) is 0.169. The molecule has 0 saturated heterocycles. The molecule has 0 bridgehead atoms. The van der Waals surface area contributed by atoms with E-state index >= 15 is 0 Å². The fourth-order valence-electron chi connectivity index (χ4n) is 3.08. The van der Waals surface area contributed by atoms with Crippen LogP contribution in [0.15, 0.2) is 84.0 Å². The number of carbonyl (C=O) groups is 1. The number of sulfonamides is 1. The summed E-state index contributed by atoms with van der Waals surface area (Å²) in [4.78, 5) is 12.7. The van der Waals surface area contributed by atoms with Crippen LogP contribution in [0, 0.1) is 5.82 Å². The van der Waals surface area contributed by atoms with Crippen molar-refractivity contribution in [2.75, 3.05) is 10.6 Å². The maximum atomic E-state index is 13.1. The van der Waals surface area contributed by atoms with Gasteiger partial charge >= 0.3 is 0 Å². The molecule has 0 saturated carbocycles. The Kier molecular flexibility index (Phi) is 7.44. The van der Waals surface area contributed by atoms with Gasteiger partial charge in [-0.25, -0.2) is 18.2 Å². The number of ether oxygens (including phenoxy) is 1. The molecule has 1 amide bonds. The van der Waals surface area contributed by atoms with Crippen LogP contribution in [0.1, 0.15) is 19.4 Å². The Morgan fingerprint density at radius 2 is 1.55 bits per heavy atom. The first kappa shape index (κ1) is 23.9. The lowest BCUT2D eigenvalue weighted by Gasteiger charge is -2.27. The highest BCUT2D eigenvalue weighted by molar-refractivity contribution is 7.92. The van der Waals surface area contributed by atoms with Crippen LogP contribution in [0.2, 0.25) is 0 Å².